The lowest BCUT2D eigenvalue weighted by molar-refractivity contribution is -0.139. The Morgan fingerprint density at radius 3 is 2.19 bits per heavy atom. The first-order valence-corrected chi connectivity index (χ1v) is 19.2. The molecule has 1 saturated heterocycles. The molecule has 0 unspecified atom stereocenters. The summed E-state index contributed by atoms with van der Waals surface area (Å²) >= 11 is 0. The molecule has 0 radical (unpaired) electrons. The van der Waals surface area contributed by atoms with E-state index < -0.39 is 59.3 Å². The zero-order valence-corrected chi connectivity index (χ0v) is 32.8. The Morgan fingerprint density at radius 2 is 1.61 bits per heavy atom. The number of benzene rings is 1. The number of hydrogen-bond donors (Lipinski definition) is 4. The predicted molar refractivity (Wildman–Crippen MR) is 201 cm³/mol. The molecule has 2 heterocycles. The van der Waals surface area contributed by atoms with Crippen molar-refractivity contribution in [2.75, 3.05) is 32.0 Å². The Labute approximate surface area is 317 Å². The number of aromatic nitrogens is 2. The van der Waals surface area contributed by atoms with E-state index in [1.165, 1.54) is 19.1 Å². The van der Waals surface area contributed by atoms with Gasteiger partial charge in [0.15, 0.2) is 0 Å². The van der Waals surface area contributed by atoms with Gasteiger partial charge in [-0.1, -0.05) is 13.0 Å². The van der Waals surface area contributed by atoms with E-state index in [1.807, 2.05) is 20.9 Å². The summed E-state index contributed by atoms with van der Waals surface area (Å²) in [6.45, 7) is 14.3. The summed E-state index contributed by atoms with van der Waals surface area (Å²) in [7, 11) is 1.98. The highest BCUT2D eigenvalue weighted by Gasteiger charge is 2.48. The summed E-state index contributed by atoms with van der Waals surface area (Å²) in [6, 6.07) is 3.03. The van der Waals surface area contributed by atoms with E-state index in [0.717, 1.165) is 25.7 Å². The largest absolute Gasteiger partial charge is 0.444 e. The van der Waals surface area contributed by atoms with Crippen LogP contribution < -0.4 is 21.3 Å². The normalized spacial score (nSPS) is 20.0. The van der Waals surface area contributed by atoms with Crippen molar-refractivity contribution < 1.29 is 33.1 Å². The van der Waals surface area contributed by atoms with E-state index in [1.54, 1.807) is 55.6 Å². The minimum Gasteiger partial charge on any atom is -0.444 e. The van der Waals surface area contributed by atoms with Crippen molar-refractivity contribution in [1.29, 1.82) is 0 Å². The van der Waals surface area contributed by atoms with Crippen LogP contribution in [0.4, 0.5) is 14.9 Å². The Hall–Kier alpha value is -4.53. The average molecular weight is 753 g/mol. The van der Waals surface area contributed by atoms with E-state index >= 15 is 4.39 Å². The van der Waals surface area contributed by atoms with Crippen molar-refractivity contribution in [3.63, 3.8) is 0 Å². The van der Waals surface area contributed by atoms with Crippen LogP contribution in [0.1, 0.15) is 96.1 Å². The summed E-state index contributed by atoms with van der Waals surface area (Å²) in [6.07, 6.45) is 4.69. The third kappa shape index (κ3) is 10.2. The first-order chi connectivity index (χ1) is 25.5. The molecule has 5 rings (SSSR count). The smallest absolute Gasteiger partial charge is 0.408 e. The fourth-order valence-corrected chi connectivity index (χ4v) is 7.21. The van der Waals surface area contributed by atoms with Crippen LogP contribution in [0.25, 0.3) is 0 Å². The molecular weight excluding hydrogens is 695 g/mol. The fraction of sp³-hybridized carbons (Fsp3) is 0.641. The molecule has 1 aliphatic heterocycles. The summed E-state index contributed by atoms with van der Waals surface area (Å²) in [4.78, 5) is 71.1. The Kier molecular flexibility index (Phi) is 12.7. The molecule has 2 aliphatic carbocycles. The van der Waals surface area contributed by atoms with Crippen LogP contribution in [0, 0.1) is 23.6 Å². The number of nitrogens with zero attached hydrogens (tertiary/aromatic N) is 4. The lowest BCUT2D eigenvalue weighted by Gasteiger charge is -2.40. The van der Waals surface area contributed by atoms with Gasteiger partial charge in [0.1, 0.15) is 35.2 Å². The van der Waals surface area contributed by atoms with Gasteiger partial charge in [0, 0.05) is 44.3 Å². The Bertz CT molecular complexity index is 1690. The molecular formula is C39H57FN8O6. The summed E-state index contributed by atoms with van der Waals surface area (Å²) < 4.78 is 22.8. The van der Waals surface area contributed by atoms with Gasteiger partial charge in [-0.3, -0.25) is 23.9 Å². The minimum absolute atomic E-state index is 0.0609. The maximum atomic E-state index is 16.0. The number of carbonyl (C=O) groups is 5. The number of amides is 5. The molecule has 2 saturated carbocycles. The van der Waals surface area contributed by atoms with Crippen molar-refractivity contribution in [1.82, 2.24) is 35.5 Å². The van der Waals surface area contributed by atoms with Gasteiger partial charge in [-0.05, 0) is 116 Å². The van der Waals surface area contributed by atoms with Crippen LogP contribution in [-0.4, -0.2) is 106 Å². The Morgan fingerprint density at radius 1 is 0.944 bits per heavy atom. The van der Waals surface area contributed by atoms with Gasteiger partial charge < -0.3 is 35.8 Å². The van der Waals surface area contributed by atoms with E-state index in [0.29, 0.717) is 49.3 Å². The quantitative estimate of drug-likeness (QED) is 0.226. The first-order valence-electron chi connectivity index (χ1n) is 19.2. The zero-order valence-electron chi connectivity index (χ0n) is 32.8. The van der Waals surface area contributed by atoms with E-state index in [-0.39, 0.29) is 23.6 Å². The summed E-state index contributed by atoms with van der Waals surface area (Å²) in [5.41, 5.74) is -0.0621. The number of alkyl carbamates (subject to hydrolysis) is 1. The molecule has 2 aromatic rings. The van der Waals surface area contributed by atoms with Crippen LogP contribution in [0.5, 0.6) is 0 Å². The zero-order chi connectivity index (χ0) is 39.5. The number of anilines is 1. The first kappa shape index (κ1) is 40.7. The molecule has 0 spiro atoms. The third-order valence-electron chi connectivity index (χ3n) is 10.8. The predicted octanol–water partition coefficient (Wildman–Crippen LogP) is 3.88. The van der Waals surface area contributed by atoms with Gasteiger partial charge in [0.2, 0.25) is 17.7 Å². The molecule has 5 atom stereocenters. The molecule has 1 aromatic heterocycles. The molecule has 15 heteroatoms. The van der Waals surface area contributed by atoms with Crippen LogP contribution in [0.3, 0.4) is 0 Å². The van der Waals surface area contributed by atoms with Crippen LogP contribution >= 0.6 is 0 Å². The summed E-state index contributed by atoms with van der Waals surface area (Å²) in [5.74, 6) is -2.69. The lowest BCUT2D eigenvalue weighted by atomic mass is 9.88. The Balaban J connectivity index is 1.34. The monoisotopic (exact) mass is 752 g/mol. The number of ether oxygens (including phenoxy) is 1. The van der Waals surface area contributed by atoms with Gasteiger partial charge in [-0.15, -0.1) is 0 Å². The lowest BCUT2D eigenvalue weighted by Crippen LogP contribution is -2.59. The number of nitrogens with one attached hydrogen (secondary N) is 4. The molecule has 296 valence electrons. The van der Waals surface area contributed by atoms with Gasteiger partial charge >= 0.3 is 6.09 Å². The summed E-state index contributed by atoms with van der Waals surface area (Å²) in [5, 5.41) is 15.2. The molecule has 3 fully saturated rings. The molecule has 0 bridgehead atoms. The van der Waals surface area contributed by atoms with Crippen LogP contribution in [0.2, 0.25) is 0 Å². The van der Waals surface area contributed by atoms with Crippen LogP contribution in [-0.2, 0) is 25.7 Å². The fourth-order valence-electron chi connectivity index (χ4n) is 7.21. The average Bonchev–Trinajstić information content (AvgIpc) is 4.06. The number of likely N-dealkylation sites (N-methyl/N-ethyl adjacent to an activating group) is 1. The topological polar surface area (TPSA) is 167 Å². The minimum atomic E-state index is -1.09. The number of piperazine rings is 1. The second-order valence-corrected chi connectivity index (χ2v) is 16.2. The third-order valence-corrected chi connectivity index (χ3v) is 10.8. The van der Waals surface area contributed by atoms with Crippen molar-refractivity contribution in [2.24, 2.45) is 17.8 Å². The highest BCUT2D eigenvalue weighted by Crippen LogP contribution is 2.51. The molecule has 54 heavy (non-hydrogen) atoms. The van der Waals surface area contributed by atoms with Crippen molar-refractivity contribution >= 4 is 35.4 Å². The molecule has 3 aliphatic rings. The maximum Gasteiger partial charge on any atom is 0.408 e. The highest BCUT2D eigenvalue weighted by atomic mass is 19.1. The molecule has 5 amide bonds. The highest BCUT2D eigenvalue weighted by molar-refractivity contribution is 6.01. The molecule has 4 N–H and O–H groups in total. The molecule has 14 nitrogen and oxygen atoms in total. The molecule has 1 aromatic carbocycles. The van der Waals surface area contributed by atoms with Gasteiger partial charge in [0.05, 0.1) is 5.69 Å². The van der Waals surface area contributed by atoms with E-state index in [2.05, 4.69) is 31.3 Å². The second-order valence-electron chi connectivity index (χ2n) is 16.2. The van der Waals surface area contributed by atoms with Crippen molar-refractivity contribution in [3.8, 4) is 0 Å². The number of rotatable bonds is 14. The van der Waals surface area contributed by atoms with E-state index in [4.69, 9.17) is 4.74 Å². The number of aryl methyl sites for hydroxylation is 1. The number of halogens is 1. The second kappa shape index (κ2) is 16.9. The van der Waals surface area contributed by atoms with Gasteiger partial charge in [0.25, 0.3) is 5.91 Å². The number of carbonyl (C=O) groups excluding carboxylic acids is 5. The maximum absolute atomic E-state index is 16.0. The van der Waals surface area contributed by atoms with E-state index in [9.17, 15) is 24.0 Å². The van der Waals surface area contributed by atoms with Crippen LogP contribution in [0.15, 0.2) is 30.5 Å². The van der Waals surface area contributed by atoms with Crippen molar-refractivity contribution in [3.05, 3.63) is 47.5 Å². The van der Waals surface area contributed by atoms with Gasteiger partial charge in [-0.2, -0.15) is 5.10 Å². The van der Waals surface area contributed by atoms with Gasteiger partial charge in [-0.25, -0.2) is 9.18 Å². The van der Waals surface area contributed by atoms with Crippen molar-refractivity contribution in [2.45, 2.75) is 116 Å². The number of hydrogen-bond acceptors (Lipinski definition) is 8. The SMILES string of the molecule is CCn1nccc1C(=O)N[C@H](C(=O)Nc1ccc([C@H](C)[C@@H](NC(=O)[C@H](C)NC(=O)OC(C)(C)C)C(=O)N2CCN(C)[C@H](C)C2)cc1F)C(C1CC1)C1CC1. The standard InChI is InChI=1S/C39H57FN8O6/c1-9-48-30(16-17-41-48)35(50)45-33(31(25-10-11-25)26-12-13-26)36(51)43-29-15-14-27(20-28(29)40)23(3)32(37(52)47-19-18-46(8)22(2)21-47)44-34(49)24(4)42-38(53)54-39(5,6)7/h14-17,20,22-26,31-33H,9-13,18-19,21H2,1-8H3,(H,42,53)(H,43,51)(H,44,49)(H,45,50)/t22-,23+,24+,32-,33+/m1/s1.